The van der Waals surface area contributed by atoms with Crippen molar-refractivity contribution in [3.05, 3.63) is 34.4 Å². The summed E-state index contributed by atoms with van der Waals surface area (Å²) in [6.45, 7) is 7.60. The van der Waals surface area contributed by atoms with Gasteiger partial charge in [0.2, 0.25) is 0 Å². The van der Waals surface area contributed by atoms with Crippen LogP contribution >= 0.6 is 0 Å². The van der Waals surface area contributed by atoms with E-state index < -0.39 is 0 Å². The molecule has 1 aromatic rings. The minimum absolute atomic E-state index is 0.436. The zero-order valence-electron chi connectivity index (χ0n) is 11.9. The lowest BCUT2D eigenvalue weighted by Gasteiger charge is -2.27. The Labute approximate surface area is 111 Å². The number of benzene rings is 1. The third-order valence-electron chi connectivity index (χ3n) is 4.18. The Bertz CT molecular complexity index is 381. The summed E-state index contributed by atoms with van der Waals surface area (Å²) < 4.78 is 0. The molecule has 2 rings (SSSR count). The first-order valence-corrected chi connectivity index (χ1v) is 7.12. The summed E-state index contributed by atoms with van der Waals surface area (Å²) >= 11 is 0. The molecule has 2 nitrogen and oxygen atoms in total. The maximum absolute atomic E-state index is 5.94. The molecule has 0 aliphatic heterocycles. The smallest absolute Gasteiger partial charge is 0.0213 e. The lowest BCUT2D eigenvalue weighted by Crippen LogP contribution is -2.37. The van der Waals surface area contributed by atoms with Gasteiger partial charge in [0.25, 0.3) is 0 Å². The Kier molecular flexibility index (Phi) is 4.41. The van der Waals surface area contributed by atoms with E-state index in [1.807, 2.05) is 0 Å². The van der Waals surface area contributed by atoms with Crippen LogP contribution in [-0.2, 0) is 6.54 Å². The average Bonchev–Trinajstić information content (AvgIpc) is 2.30. The lowest BCUT2D eigenvalue weighted by molar-refractivity contribution is 0.341. The summed E-state index contributed by atoms with van der Waals surface area (Å²) in [5.41, 5.74) is 11.6. The monoisotopic (exact) mass is 246 g/mol. The van der Waals surface area contributed by atoms with Crippen molar-refractivity contribution in [2.45, 2.75) is 65.1 Å². The number of nitrogens with one attached hydrogen (secondary N) is 1. The van der Waals surface area contributed by atoms with E-state index >= 15 is 0 Å². The zero-order chi connectivity index (χ0) is 13.1. The van der Waals surface area contributed by atoms with Crippen molar-refractivity contribution in [2.24, 2.45) is 5.73 Å². The fourth-order valence-corrected chi connectivity index (χ4v) is 3.06. The normalized spacial score (nSPS) is 24.2. The van der Waals surface area contributed by atoms with Crippen molar-refractivity contribution in [1.82, 2.24) is 5.32 Å². The maximum atomic E-state index is 5.94. The van der Waals surface area contributed by atoms with Crippen molar-refractivity contribution >= 4 is 0 Å². The molecule has 0 saturated heterocycles. The Morgan fingerprint density at radius 1 is 1.06 bits per heavy atom. The Balaban J connectivity index is 1.94. The van der Waals surface area contributed by atoms with E-state index in [9.17, 15) is 0 Å². The van der Waals surface area contributed by atoms with E-state index in [-0.39, 0.29) is 0 Å². The first-order valence-electron chi connectivity index (χ1n) is 7.12. The predicted octanol–water partition coefficient (Wildman–Crippen LogP) is 2.97. The van der Waals surface area contributed by atoms with E-state index in [0.717, 1.165) is 6.54 Å². The SMILES string of the molecule is Cc1cc(C)c(CNC2CCC(N)CC2)c(C)c1. The zero-order valence-corrected chi connectivity index (χ0v) is 11.9. The molecule has 0 aromatic heterocycles. The van der Waals surface area contributed by atoms with Gasteiger partial charge in [-0.15, -0.1) is 0 Å². The number of hydrogen-bond donors (Lipinski definition) is 2. The third-order valence-corrected chi connectivity index (χ3v) is 4.18. The van der Waals surface area contributed by atoms with Crippen LogP contribution in [0.15, 0.2) is 12.1 Å². The van der Waals surface area contributed by atoms with E-state index in [1.165, 1.54) is 47.9 Å². The topological polar surface area (TPSA) is 38.0 Å². The van der Waals surface area contributed by atoms with Crippen LogP contribution in [0.3, 0.4) is 0 Å². The van der Waals surface area contributed by atoms with E-state index in [1.54, 1.807) is 0 Å². The second-order valence-electron chi connectivity index (χ2n) is 5.87. The number of rotatable bonds is 3. The van der Waals surface area contributed by atoms with Gasteiger partial charge in [-0.2, -0.15) is 0 Å². The molecule has 0 radical (unpaired) electrons. The van der Waals surface area contributed by atoms with E-state index in [4.69, 9.17) is 5.73 Å². The molecule has 100 valence electrons. The predicted molar refractivity (Wildman–Crippen MR) is 77.7 cm³/mol. The van der Waals surface area contributed by atoms with Crippen LogP contribution in [0.25, 0.3) is 0 Å². The molecule has 18 heavy (non-hydrogen) atoms. The van der Waals surface area contributed by atoms with E-state index in [0.29, 0.717) is 12.1 Å². The van der Waals surface area contributed by atoms with Crippen LogP contribution in [0.4, 0.5) is 0 Å². The van der Waals surface area contributed by atoms with Crippen molar-refractivity contribution in [1.29, 1.82) is 0 Å². The quantitative estimate of drug-likeness (QED) is 0.860. The molecule has 0 atom stereocenters. The fraction of sp³-hybridized carbons (Fsp3) is 0.625. The van der Waals surface area contributed by atoms with Gasteiger partial charge in [-0.3, -0.25) is 0 Å². The summed E-state index contributed by atoms with van der Waals surface area (Å²) in [5.74, 6) is 0. The molecule has 2 heteroatoms. The van der Waals surface area contributed by atoms with Crippen molar-refractivity contribution in [3.8, 4) is 0 Å². The number of hydrogen-bond acceptors (Lipinski definition) is 2. The highest BCUT2D eigenvalue weighted by atomic mass is 14.9. The summed E-state index contributed by atoms with van der Waals surface area (Å²) in [6.07, 6.45) is 4.79. The molecule has 1 aliphatic carbocycles. The van der Waals surface area contributed by atoms with Gasteiger partial charge in [-0.05, 0) is 63.1 Å². The first kappa shape index (κ1) is 13.6. The molecular formula is C16H26N2. The Hall–Kier alpha value is -0.860. The molecule has 0 bridgehead atoms. The minimum Gasteiger partial charge on any atom is -0.328 e. The van der Waals surface area contributed by atoms with Crippen LogP contribution in [0.2, 0.25) is 0 Å². The van der Waals surface area contributed by atoms with Gasteiger partial charge in [0, 0.05) is 18.6 Å². The van der Waals surface area contributed by atoms with Crippen LogP contribution in [0.5, 0.6) is 0 Å². The molecular weight excluding hydrogens is 220 g/mol. The van der Waals surface area contributed by atoms with Gasteiger partial charge in [-0.25, -0.2) is 0 Å². The largest absolute Gasteiger partial charge is 0.328 e. The van der Waals surface area contributed by atoms with Crippen LogP contribution in [0.1, 0.15) is 47.9 Å². The first-order chi connectivity index (χ1) is 8.56. The van der Waals surface area contributed by atoms with Crippen molar-refractivity contribution in [2.75, 3.05) is 0 Å². The Morgan fingerprint density at radius 2 is 1.61 bits per heavy atom. The van der Waals surface area contributed by atoms with Crippen molar-refractivity contribution < 1.29 is 0 Å². The molecule has 0 spiro atoms. The molecule has 0 heterocycles. The van der Waals surface area contributed by atoms with Crippen LogP contribution in [0, 0.1) is 20.8 Å². The molecule has 1 fully saturated rings. The second-order valence-corrected chi connectivity index (χ2v) is 5.87. The second kappa shape index (κ2) is 5.85. The van der Waals surface area contributed by atoms with Crippen LogP contribution in [-0.4, -0.2) is 12.1 Å². The highest BCUT2D eigenvalue weighted by molar-refractivity contribution is 5.37. The fourth-order valence-electron chi connectivity index (χ4n) is 3.06. The highest BCUT2D eigenvalue weighted by Crippen LogP contribution is 2.20. The average molecular weight is 246 g/mol. The molecule has 0 amide bonds. The standard InChI is InChI=1S/C16H26N2/c1-11-8-12(2)16(13(3)9-11)10-18-15-6-4-14(17)5-7-15/h8-9,14-15,18H,4-7,10,17H2,1-3H3. The van der Waals surface area contributed by atoms with Crippen molar-refractivity contribution in [3.63, 3.8) is 0 Å². The number of aryl methyl sites for hydroxylation is 3. The molecule has 1 aliphatic rings. The highest BCUT2D eigenvalue weighted by Gasteiger charge is 2.18. The van der Waals surface area contributed by atoms with Gasteiger partial charge < -0.3 is 11.1 Å². The third kappa shape index (κ3) is 3.33. The maximum Gasteiger partial charge on any atom is 0.0213 e. The molecule has 3 N–H and O–H groups in total. The Morgan fingerprint density at radius 3 is 2.17 bits per heavy atom. The van der Waals surface area contributed by atoms with Gasteiger partial charge in [-0.1, -0.05) is 17.7 Å². The minimum atomic E-state index is 0.436. The summed E-state index contributed by atoms with van der Waals surface area (Å²) in [6, 6.07) is 5.65. The number of nitrogens with two attached hydrogens (primary N) is 1. The molecule has 0 unspecified atom stereocenters. The van der Waals surface area contributed by atoms with Gasteiger partial charge in [0.15, 0.2) is 0 Å². The molecule has 1 aromatic carbocycles. The van der Waals surface area contributed by atoms with Crippen LogP contribution < -0.4 is 11.1 Å². The summed E-state index contributed by atoms with van der Waals surface area (Å²) in [5, 5.41) is 3.70. The van der Waals surface area contributed by atoms with E-state index in [2.05, 4.69) is 38.2 Å². The molecule has 1 saturated carbocycles. The summed E-state index contributed by atoms with van der Waals surface area (Å²) in [7, 11) is 0. The van der Waals surface area contributed by atoms with Gasteiger partial charge in [0.05, 0.1) is 0 Å². The lowest BCUT2D eigenvalue weighted by atomic mass is 9.91. The summed E-state index contributed by atoms with van der Waals surface area (Å²) in [4.78, 5) is 0. The van der Waals surface area contributed by atoms with Gasteiger partial charge >= 0.3 is 0 Å². The van der Waals surface area contributed by atoms with Gasteiger partial charge in [0.1, 0.15) is 0 Å².